The third-order valence-corrected chi connectivity index (χ3v) is 6.97. The molecule has 5 rings (SSSR count). The van der Waals surface area contributed by atoms with E-state index in [4.69, 9.17) is 4.42 Å². The quantitative estimate of drug-likeness (QED) is 0.858. The molecule has 4 aliphatic rings. The maximum Gasteiger partial charge on any atom is 0.131 e. The Labute approximate surface area is 129 Å². The van der Waals surface area contributed by atoms with Gasteiger partial charge < -0.3 is 9.73 Å². The molecule has 0 spiro atoms. The Hall–Kier alpha value is -0.280. The van der Waals surface area contributed by atoms with E-state index in [9.17, 15) is 0 Å². The molecular weight excluding hydrogens is 314 g/mol. The van der Waals surface area contributed by atoms with Crippen LogP contribution in [0, 0.1) is 23.2 Å². The van der Waals surface area contributed by atoms with Gasteiger partial charge in [-0.05, 0) is 90.6 Å². The molecule has 4 aliphatic carbocycles. The first-order valence-electron chi connectivity index (χ1n) is 8.10. The second kappa shape index (κ2) is 4.88. The summed E-state index contributed by atoms with van der Waals surface area (Å²) in [5.74, 6) is 4.11. The molecule has 0 amide bonds. The van der Waals surface area contributed by atoms with Gasteiger partial charge in [0.25, 0.3) is 0 Å². The van der Waals surface area contributed by atoms with Crippen LogP contribution in [0.3, 0.4) is 0 Å². The molecule has 1 aromatic heterocycles. The van der Waals surface area contributed by atoms with Crippen LogP contribution in [0.2, 0.25) is 0 Å². The first-order valence-corrected chi connectivity index (χ1v) is 8.89. The fraction of sp³-hybridized carbons (Fsp3) is 0.765. The van der Waals surface area contributed by atoms with Crippen molar-refractivity contribution in [2.45, 2.75) is 58.0 Å². The summed E-state index contributed by atoms with van der Waals surface area (Å²) in [5, 5.41) is 3.76. The van der Waals surface area contributed by atoms with E-state index in [2.05, 4.69) is 28.2 Å². The molecule has 20 heavy (non-hydrogen) atoms. The van der Waals surface area contributed by atoms with Gasteiger partial charge in [0.05, 0.1) is 17.3 Å². The molecule has 0 aliphatic heterocycles. The molecule has 1 atom stereocenters. The van der Waals surface area contributed by atoms with Gasteiger partial charge in [-0.15, -0.1) is 0 Å². The Kier molecular flexibility index (Phi) is 3.26. The highest BCUT2D eigenvalue weighted by molar-refractivity contribution is 9.10. The molecule has 2 nitrogen and oxygen atoms in total. The molecule has 1 unspecified atom stereocenters. The van der Waals surface area contributed by atoms with Gasteiger partial charge >= 0.3 is 0 Å². The predicted molar refractivity (Wildman–Crippen MR) is 83.3 cm³/mol. The molecule has 1 aromatic rings. The van der Waals surface area contributed by atoms with E-state index < -0.39 is 0 Å². The van der Waals surface area contributed by atoms with Crippen LogP contribution in [0.15, 0.2) is 21.2 Å². The molecule has 4 saturated carbocycles. The first kappa shape index (κ1) is 13.4. The van der Waals surface area contributed by atoms with Crippen molar-refractivity contribution in [1.29, 1.82) is 0 Å². The average molecular weight is 338 g/mol. The van der Waals surface area contributed by atoms with Crippen molar-refractivity contribution in [2.24, 2.45) is 23.2 Å². The largest absolute Gasteiger partial charge is 0.467 e. The Morgan fingerprint density at radius 2 is 1.85 bits per heavy atom. The van der Waals surface area contributed by atoms with Crippen LogP contribution < -0.4 is 5.32 Å². The van der Waals surface area contributed by atoms with E-state index in [1.807, 2.05) is 6.07 Å². The third kappa shape index (κ3) is 2.18. The summed E-state index contributed by atoms with van der Waals surface area (Å²) in [6.45, 7) is 3.25. The SMILES string of the molecule is CC(NCc1occc1Br)C12CC3CC(CC(C3)C1)C2. The highest BCUT2D eigenvalue weighted by atomic mass is 79.9. The summed E-state index contributed by atoms with van der Waals surface area (Å²) in [5.41, 5.74) is 0.577. The van der Waals surface area contributed by atoms with Crippen LogP contribution in [0.5, 0.6) is 0 Å². The summed E-state index contributed by atoms with van der Waals surface area (Å²) >= 11 is 3.55. The number of furan rings is 1. The molecule has 0 radical (unpaired) electrons. The van der Waals surface area contributed by atoms with E-state index in [1.165, 1.54) is 38.5 Å². The molecular formula is C17H24BrNO. The van der Waals surface area contributed by atoms with Crippen molar-refractivity contribution in [2.75, 3.05) is 0 Å². The fourth-order valence-corrected chi connectivity index (χ4v) is 5.96. The van der Waals surface area contributed by atoms with E-state index >= 15 is 0 Å². The van der Waals surface area contributed by atoms with Gasteiger partial charge in [-0.3, -0.25) is 0 Å². The van der Waals surface area contributed by atoms with E-state index in [0.29, 0.717) is 11.5 Å². The van der Waals surface area contributed by atoms with Gasteiger partial charge in [0.15, 0.2) is 0 Å². The van der Waals surface area contributed by atoms with Crippen molar-refractivity contribution in [3.63, 3.8) is 0 Å². The lowest BCUT2D eigenvalue weighted by atomic mass is 9.48. The van der Waals surface area contributed by atoms with Crippen molar-refractivity contribution in [1.82, 2.24) is 5.32 Å². The lowest BCUT2D eigenvalue weighted by Gasteiger charge is -2.59. The van der Waals surface area contributed by atoms with E-state index in [1.54, 1.807) is 6.26 Å². The summed E-state index contributed by atoms with van der Waals surface area (Å²) in [4.78, 5) is 0. The molecule has 1 heterocycles. The molecule has 110 valence electrons. The summed E-state index contributed by atoms with van der Waals surface area (Å²) in [7, 11) is 0. The standard InChI is InChI=1S/C17H24BrNO/c1-11(19-10-16-15(18)2-3-20-16)17-7-12-4-13(8-17)6-14(5-12)9-17/h2-3,11-14,19H,4-10H2,1H3. The maximum absolute atomic E-state index is 5.52. The summed E-state index contributed by atoms with van der Waals surface area (Å²) in [6.07, 6.45) is 10.7. The number of rotatable bonds is 4. The van der Waals surface area contributed by atoms with Crippen molar-refractivity contribution < 1.29 is 4.42 Å². The van der Waals surface area contributed by atoms with Crippen LogP contribution in [0.1, 0.15) is 51.2 Å². The van der Waals surface area contributed by atoms with Crippen molar-refractivity contribution in [3.05, 3.63) is 22.6 Å². The van der Waals surface area contributed by atoms with Crippen molar-refractivity contribution in [3.8, 4) is 0 Å². The topological polar surface area (TPSA) is 25.2 Å². The van der Waals surface area contributed by atoms with Gasteiger partial charge in [-0.1, -0.05) is 0 Å². The molecule has 4 fully saturated rings. The molecule has 0 aromatic carbocycles. The second-order valence-corrected chi connectivity index (χ2v) is 8.43. The third-order valence-electron chi connectivity index (χ3n) is 6.26. The van der Waals surface area contributed by atoms with E-state index in [0.717, 1.165) is 34.5 Å². The van der Waals surface area contributed by atoms with Crippen LogP contribution in [0.4, 0.5) is 0 Å². The Balaban J connectivity index is 1.45. The number of nitrogens with one attached hydrogen (secondary N) is 1. The van der Waals surface area contributed by atoms with Gasteiger partial charge in [-0.2, -0.15) is 0 Å². The van der Waals surface area contributed by atoms with Crippen LogP contribution >= 0.6 is 15.9 Å². The number of hydrogen-bond donors (Lipinski definition) is 1. The first-order chi connectivity index (χ1) is 9.64. The molecule has 1 N–H and O–H groups in total. The highest BCUT2D eigenvalue weighted by Gasteiger charge is 2.52. The van der Waals surface area contributed by atoms with Gasteiger partial charge in [0.2, 0.25) is 0 Å². The van der Waals surface area contributed by atoms with E-state index in [-0.39, 0.29) is 0 Å². The normalized spacial score (nSPS) is 40.2. The molecule has 4 bridgehead atoms. The second-order valence-electron chi connectivity index (χ2n) is 7.57. The minimum atomic E-state index is 0.577. The lowest BCUT2D eigenvalue weighted by molar-refractivity contribution is -0.0708. The minimum Gasteiger partial charge on any atom is -0.467 e. The Bertz CT molecular complexity index is 460. The highest BCUT2D eigenvalue weighted by Crippen LogP contribution is 2.61. The Morgan fingerprint density at radius 3 is 2.35 bits per heavy atom. The summed E-state index contributed by atoms with van der Waals surface area (Å²) < 4.78 is 6.61. The summed E-state index contributed by atoms with van der Waals surface area (Å²) in [6, 6.07) is 2.58. The van der Waals surface area contributed by atoms with Gasteiger partial charge in [0, 0.05) is 6.04 Å². The maximum atomic E-state index is 5.52. The van der Waals surface area contributed by atoms with Crippen LogP contribution in [0.25, 0.3) is 0 Å². The zero-order valence-corrected chi connectivity index (χ0v) is 13.8. The predicted octanol–water partition coefficient (Wildman–Crippen LogP) is 4.74. The zero-order valence-electron chi connectivity index (χ0n) is 12.2. The molecule has 3 heteroatoms. The Morgan fingerprint density at radius 1 is 1.25 bits per heavy atom. The average Bonchev–Trinajstić information content (AvgIpc) is 2.80. The number of hydrogen-bond acceptors (Lipinski definition) is 2. The van der Waals surface area contributed by atoms with Crippen LogP contribution in [-0.4, -0.2) is 6.04 Å². The van der Waals surface area contributed by atoms with Crippen molar-refractivity contribution >= 4 is 15.9 Å². The smallest absolute Gasteiger partial charge is 0.131 e. The van der Waals surface area contributed by atoms with Crippen LogP contribution in [-0.2, 0) is 6.54 Å². The molecule has 0 saturated heterocycles. The monoisotopic (exact) mass is 337 g/mol. The lowest BCUT2D eigenvalue weighted by Crippen LogP contribution is -2.54. The number of halogens is 1. The van der Waals surface area contributed by atoms with Gasteiger partial charge in [-0.25, -0.2) is 0 Å². The fourth-order valence-electron chi connectivity index (χ4n) is 5.62. The zero-order chi connectivity index (χ0) is 13.7. The van der Waals surface area contributed by atoms with Gasteiger partial charge in [0.1, 0.15) is 5.76 Å². The minimum absolute atomic E-state index is 0.577.